The zero-order chi connectivity index (χ0) is 21.6. The van der Waals surface area contributed by atoms with Crippen molar-refractivity contribution in [3.63, 3.8) is 0 Å². The van der Waals surface area contributed by atoms with E-state index in [1.54, 1.807) is 45.2 Å². The minimum atomic E-state index is -0.473. The number of hydrogen-bond donors (Lipinski definition) is 1. The van der Waals surface area contributed by atoms with Gasteiger partial charge in [-0.1, -0.05) is 17.7 Å². The Labute approximate surface area is 174 Å². The Morgan fingerprint density at radius 3 is 2.52 bits per heavy atom. The summed E-state index contributed by atoms with van der Waals surface area (Å²) in [6.07, 6.45) is 0. The largest absolute Gasteiger partial charge is 0.493 e. The van der Waals surface area contributed by atoms with E-state index in [1.165, 1.54) is 18.2 Å². The lowest BCUT2D eigenvalue weighted by atomic mass is 10.1. The first-order chi connectivity index (χ1) is 13.8. The number of halogens is 1. The van der Waals surface area contributed by atoms with Gasteiger partial charge in [0, 0.05) is 30.2 Å². The molecule has 1 unspecified atom stereocenters. The fraction of sp³-hybridized carbons (Fsp3) is 0.350. The predicted octanol–water partition coefficient (Wildman–Crippen LogP) is 3.40. The third-order valence-electron chi connectivity index (χ3n) is 4.62. The second-order valence-corrected chi connectivity index (χ2v) is 6.94. The van der Waals surface area contributed by atoms with Crippen LogP contribution in [0.3, 0.4) is 0 Å². The molecule has 2 aromatic rings. The Morgan fingerprint density at radius 2 is 1.90 bits per heavy atom. The molecule has 1 atom stereocenters. The Morgan fingerprint density at radius 1 is 1.21 bits per heavy atom. The van der Waals surface area contributed by atoms with Crippen LogP contribution in [0.1, 0.15) is 18.1 Å². The van der Waals surface area contributed by atoms with Gasteiger partial charge in [0.25, 0.3) is 5.69 Å². The molecule has 1 amide bonds. The van der Waals surface area contributed by atoms with Crippen molar-refractivity contribution < 1.29 is 19.2 Å². The van der Waals surface area contributed by atoms with E-state index < -0.39 is 11.0 Å². The first kappa shape index (κ1) is 22.4. The summed E-state index contributed by atoms with van der Waals surface area (Å²) < 4.78 is 10.5. The van der Waals surface area contributed by atoms with Crippen LogP contribution in [-0.2, 0) is 17.9 Å². The van der Waals surface area contributed by atoms with Crippen LogP contribution in [0.4, 0.5) is 5.69 Å². The molecule has 0 aromatic heterocycles. The van der Waals surface area contributed by atoms with Gasteiger partial charge >= 0.3 is 0 Å². The molecule has 0 bridgehead atoms. The van der Waals surface area contributed by atoms with Crippen molar-refractivity contribution in [3.8, 4) is 11.5 Å². The number of carbonyl (C=O) groups excluding carboxylic acids is 1. The first-order valence-corrected chi connectivity index (χ1v) is 9.26. The van der Waals surface area contributed by atoms with Crippen molar-refractivity contribution in [1.29, 1.82) is 0 Å². The van der Waals surface area contributed by atoms with Crippen molar-refractivity contribution in [2.75, 3.05) is 21.3 Å². The molecule has 156 valence electrons. The Balaban J connectivity index is 1.99. The lowest BCUT2D eigenvalue weighted by molar-refractivity contribution is -0.384. The van der Waals surface area contributed by atoms with Crippen LogP contribution in [-0.4, -0.2) is 43.0 Å². The molecular weight excluding hydrogens is 398 g/mol. The van der Waals surface area contributed by atoms with Gasteiger partial charge in [-0.25, -0.2) is 0 Å². The summed E-state index contributed by atoms with van der Waals surface area (Å²) in [5, 5.41) is 14.3. The molecule has 0 aliphatic rings. The van der Waals surface area contributed by atoms with Crippen molar-refractivity contribution in [2.24, 2.45) is 0 Å². The van der Waals surface area contributed by atoms with E-state index in [-0.39, 0.29) is 11.6 Å². The maximum Gasteiger partial charge on any atom is 0.269 e. The summed E-state index contributed by atoms with van der Waals surface area (Å²) in [5.74, 6) is 1.03. The van der Waals surface area contributed by atoms with Gasteiger partial charge < -0.3 is 14.8 Å². The minimum Gasteiger partial charge on any atom is -0.493 e. The van der Waals surface area contributed by atoms with Crippen LogP contribution in [0, 0.1) is 10.1 Å². The van der Waals surface area contributed by atoms with E-state index >= 15 is 0 Å². The zero-order valence-electron chi connectivity index (χ0n) is 16.8. The van der Waals surface area contributed by atoms with Crippen LogP contribution in [0.25, 0.3) is 0 Å². The van der Waals surface area contributed by atoms with Crippen LogP contribution >= 0.6 is 11.6 Å². The van der Waals surface area contributed by atoms with Gasteiger partial charge in [0.15, 0.2) is 11.5 Å². The molecule has 8 nitrogen and oxygen atoms in total. The number of nitro groups is 1. The number of hydrogen-bond acceptors (Lipinski definition) is 6. The van der Waals surface area contributed by atoms with Crippen LogP contribution in [0.15, 0.2) is 36.4 Å². The highest BCUT2D eigenvalue weighted by Crippen LogP contribution is 2.27. The summed E-state index contributed by atoms with van der Waals surface area (Å²) in [7, 11) is 4.87. The standard InChI is InChI=1S/C20H24ClN3O5/c1-13(23(2)12-15-10-16(24(26)27)6-7-17(15)21)20(25)22-11-14-5-8-18(28-3)19(9-14)29-4/h5-10,13H,11-12H2,1-4H3,(H,22,25). The Hall–Kier alpha value is -2.84. The lowest BCUT2D eigenvalue weighted by Crippen LogP contribution is -2.42. The van der Waals surface area contributed by atoms with Gasteiger partial charge in [-0.05, 0) is 43.3 Å². The number of carbonyl (C=O) groups is 1. The predicted molar refractivity (Wildman–Crippen MR) is 110 cm³/mol. The molecule has 1 N–H and O–H groups in total. The fourth-order valence-corrected chi connectivity index (χ4v) is 2.91. The molecule has 0 spiro atoms. The van der Waals surface area contributed by atoms with Crippen molar-refractivity contribution in [1.82, 2.24) is 10.2 Å². The van der Waals surface area contributed by atoms with Crippen molar-refractivity contribution in [3.05, 3.63) is 62.7 Å². The van der Waals surface area contributed by atoms with Crippen molar-refractivity contribution in [2.45, 2.75) is 26.1 Å². The number of methoxy groups -OCH3 is 2. The van der Waals surface area contributed by atoms with E-state index in [0.29, 0.717) is 35.2 Å². The second kappa shape index (κ2) is 10.1. The highest BCUT2D eigenvalue weighted by molar-refractivity contribution is 6.31. The van der Waals surface area contributed by atoms with Gasteiger partial charge in [-0.3, -0.25) is 19.8 Å². The van der Waals surface area contributed by atoms with Gasteiger partial charge in [0.05, 0.1) is 25.2 Å². The summed E-state index contributed by atoms with van der Waals surface area (Å²) in [6, 6.07) is 9.23. The molecule has 0 saturated carbocycles. The van der Waals surface area contributed by atoms with E-state index in [0.717, 1.165) is 5.56 Å². The molecule has 9 heteroatoms. The van der Waals surface area contributed by atoms with Gasteiger partial charge in [0.1, 0.15) is 0 Å². The third kappa shape index (κ3) is 5.82. The molecule has 0 fully saturated rings. The number of amides is 1. The van der Waals surface area contributed by atoms with Gasteiger partial charge in [-0.15, -0.1) is 0 Å². The third-order valence-corrected chi connectivity index (χ3v) is 4.98. The minimum absolute atomic E-state index is 0.0386. The highest BCUT2D eigenvalue weighted by atomic mass is 35.5. The molecule has 29 heavy (non-hydrogen) atoms. The highest BCUT2D eigenvalue weighted by Gasteiger charge is 2.20. The number of non-ortho nitro benzene ring substituents is 1. The average molecular weight is 422 g/mol. The zero-order valence-corrected chi connectivity index (χ0v) is 17.5. The SMILES string of the molecule is COc1ccc(CNC(=O)C(C)N(C)Cc2cc([N+](=O)[O-])ccc2Cl)cc1OC. The molecular formula is C20H24ClN3O5. The number of benzene rings is 2. The smallest absolute Gasteiger partial charge is 0.269 e. The number of likely N-dealkylation sites (N-methyl/N-ethyl adjacent to an activating group) is 1. The summed E-state index contributed by atoms with van der Waals surface area (Å²) in [4.78, 5) is 24.8. The maximum atomic E-state index is 12.5. The van der Waals surface area contributed by atoms with Gasteiger partial charge in [0.2, 0.25) is 5.91 Å². The van der Waals surface area contributed by atoms with E-state index in [1.807, 2.05) is 6.07 Å². The first-order valence-electron chi connectivity index (χ1n) is 8.88. The fourth-order valence-electron chi connectivity index (χ4n) is 2.73. The van der Waals surface area contributed by atoms with Crippen LogP contribution in [0.5, 0.6) is 11.5 Å². The number of ether oxygens (including phenoxy) is 2. The molecule has 0 saturated heterocycles. The van der Waals surface area contributed by atoms with E-state index in [9.17, 15) is 14.9 Å². The normalized spacial score (nSPS) is 11.8. The monoisotopic (exact) mass is 421 g/mol. The number of rotatable bonds is 9. The number of nitrogens with zero attached hydrogens (tertiary/aromatic N) is 2. The molecule has 2 rings (SSSR count). The Kier molecular flexibility index (Phi) is 7.81. The summed E-state index contributed by atoms with van der Waals surface area (Å²) in [5.41, 5.74) is 1.42. The molecule has 0 radical (unpaired) electrons. The second-order valence-electron chi connectivity index (χ2n) is 6.53. The number of nitrogens with one attached hydrogen (secondary N) is 1. The van der Waals surface area contributed by atoms with E-state index in [2.05, 4.69) is 5.32 Å². The van der Waals surface area contributed by atoms with Crippen LogP contribution in [0.2, 0.25) is 5.02 Å². The summed E-state index contributed by atoms with van der Waals surface area (Å²) in [6.45, 7) is 2.38. The van der Waals surface area contributed by atoms with Gasteiger partial charge in [-0.2, -0.15) is 0 Å². The molecule has 0 aliphatic heterocycles. The lowest BCUT2D eigenvalue weighted by Gasteiger charge is -2.24. The summed E-state index contributed by atoms with van der Waals surface area (Å²) >= 11 is 6.15. The average Bonchev–Trinajstić information content (AvgIpc) is 2.72. The van der Waals surface area contributed by atoms with Crippen LogP contribution < -0.4 is 14.8 Å². The van der Waals surface area contributed by atoms with Crippen molar-refractivity contribution >= 4 is 23.2 Å². The Bertz CT molecular complexity index is 890. The van der Waals surface area contributed by atoms with E-state index in [4.69, 9.17) is 21.1 Å². The quantitative estimate of drug-likeness (QED) is 0.492. The topological polar surface area (TPSA) is 93.9 Å². The molecule has 2 aromatic carbocycles. The molecule has 0 heterocycles. The molecule has 0 aliphatic carbocycles. The maximum absolute atomic E-state index is 12.5. The number of nitro benzene ring substituents is 1.